The number of pyridine rings is 1. The zero-order valence-corrected chi connectivity index (χ0v) is 8.52. The van der Waals surface area contributed by atoms with Crippen molar-refractivity contribution in [2.24, 2.45) is 0 Å². The second-order valence-electron chi connectivity index (χ2n) is 3.55. The number of aryl methyl sites for hydroxylation is 2. The van der Waals surface area contributed by atoms with Gasteiger partial charge in [0.2, 0.25) is 0 Å². The molecule has 0 aliphatic rings. The average molecular weight is 202 g/mol. The van der Waals surface area contributed by atoms with Gasteiger partial charge in [0.1, 0.15) is 6.20 Å². The molecule has 15 heavy (non-hydrogen) atoms. The third-order valence-corrected chi connectivity index (χ3v) is 2.47. The summed E-state index contributed by atoms with van der Waals surface area (Å²) < 4.78 is 0. The van der Waals surface area contributed by atoms with E-state index in [0.29, 0.717) is 0 Å². The van der Waals surface area contributed by atoms with Gasteiger partial charge in [-0.05, 0) is 25.0 Å². The largest absolute Gasteiger partial charge is 0.288 e. The molecular weight excluding hydrogens is 192 g/mol. The summed E-state index contributed by atoms with van der Waals surface area (Å²) >= 11 is 0. The van der Waals surface area contributed by atoms with Gasteiger partial charge >= 0.3 is 0 Å². The van der Waals surface area contributed by atoms with E-state index in [2.05, 4.69) is 4.98 Å². The molecule has 4 nitrogen and oxygen atoms in total. The lowest BCUT2D eigenvalue weighted by molar-refractivity contribution is -0.385. The molecule has 1 aromatic carbocycles. The van der Waals surface area contributed by atoms with E-state index in [9.17, 15) is 10.1 Å². The predicted octanol–water partition coefficient (Wildman–Crippen LogP) is 2.76. The van der Waals surface area contributed by atoms with Gasteiger partial charge < -0.3 is 0 Å². The smallest absolute Gasteiger partial charge is 0.258 e. The number of aromatic nitrogens is 1. The molecule has 4 heteroatoms. The summed E-state index contributed by atoms with van der Waals surface area (Å²) in [4.78, 5) is 14.3. The van der Waals surface area contributed by atoms with E-state index in [-0.39, 0.29) is 5.69 Å². The summed E-state index contributed by atoms with van der Waals surface area (Å²) in [6.45, 7) is 3.87. The number of hydrogen-bond acceptors (Lipinski definition) is 3. The fraction of sp³-hybridized carbons (Fsp3) is 0.182. The SMILES string of the molecule is Cc1ccc(C)c2ncc([N+](=O)[O-])cc12. The zero-order chi connectivity index (χ0) is 11.0. The van der Waals surface area contributed by atoms with Gasteiger partial charge in [0.05, 0.1) is 10.4 Å². The molecule has 0 unspecified atom stereocenters. The second kappa shape index (κ2) is 3.31. The Labute approximate surface area is 86.7 Å². The number of fused-ring (bicyclic) bond motifs is 1. The van der Waals surface area contributed by atoms with Crippen LogP contribution < -0.4 is 0 Å². The Morgan fingerprint density at radius 3 is 2.60 bits per heavy atom. The van der Waals surface area contributed by atoms with Crippen LogP contribution in [0.3, 0.4) is 0 Å². The van der Waals surface area contributed by atoms with Gasteiger partial charge in [0.15, 0.2) is 0 Å². The van der Waals surface area contributed by atoms with Gasteiger partial charge in [-0.3, -0.25) is 10.1 Å². The zero-order valence-electron chi connectivity index (χ0n) is 8.52. The van der Waals surface area contributed by atoms with Crippen LogP contribution in [0.15, 0.2) is 24.4 Å². The molecule has 76 valence electrons. The van der Waals surface area contributed by atoms with Gasteiger partial charge in [-0.15, -0.1) is 0 Å². The minimum Gasteiger partial charge on any atom is -0.258 e. The maximum atomic E-state index is 10.6. The number of benzene rings is 1. The lowest BCUT2D eigenvalue weighted by Gasteiger charge is -2.03. The highest BCUT2D eigenvalue weighted by atomic mass is 16.6. The first kappa shape index (κ1) is 9.58. The van der Waals surface area contributed by atoms with Crippen LogP contribution in [0.1, 0.15) is 11.1 Å². The summed E-state index contributed by atoms with van der Waals surface area (Å²) in [7, 11) is 0. The minimum absolute atomic E-state index is 0.0381. The molecule has 1 heterocycles. The quantitative estimate of drug-likeness (QED) is 0.527. The van der Waals surface area contributed by atoms with Crippen LogP contribution in [0.5, 0.6) is 0 Å². The molecule has 0 N–H and O–H groups in total. The van der Waals surface area contributed by atoms with Crippen molar-refractivity contribution in [3.8, 4) is 0 Å². The van der Waals surface area contributed by atoms with Crippen LogP contribution >= 0.6 is 0 Å². The highest BCUT2D eigenvalue weighted by molar-refractivity contribution is 5.86. The first-order valence-corrected chi connectivity index (χ1v) is 4.60. The minimum atomic E-state index is -0.422. The second-order valence-corrected chi connectivity index (χ2v) is 3.55. The fourth-order valence-electron chi connectivity index (χ4n) is 1.59. The lowest BCUT2D eigenvalue weighted by atomic mass is 10.1. The van der Waals surface area contributed by atoms with Crippen LogP contribution in [-0.2, 0) is 0 Å². The van der Waals surface area contributed by atoms with Crippen LogP contribution in [-0.4, -0.2) is 9.91 Å². The molecule has 0 fully saturated rings. The summed E-state index contributed by atoms with van der Waals surface area (Å²) in [6, 6.07) is 5.49. The molecule has 2 aromatic rings. The van der Waals surface area contributed by atoms with Gasteiger partial charge in [0.25, 0.3) is 5.69 Å². The van der Waals surface area contributed by atoms with Gasteiger partial charge in [0, 0.05) is 11.5 Å². The van der Waals surface area contributed by atoms with E-state index in [0.717, 1.165) is 22.0 Å². The van der Waals surface area contributed by atoms with E-state index in [1.165, 1.54) is 6.20 Å². The normalized spacial score (nSPS) is 10.5. The molecule has 1 aromatic heterocycles. The first-order valence-electron chi connectivity index (χ1n) is 4.60. The molecule has 0 spiro atoms. The third kappa shape index (κ3) is 1.54. The number of nitro groups is 1. The molecule has 2 rings (SSSR count). The van der Waals surface area contributed by atoms with Crippen molar-refractivity contribution < 1.29 is 4.92 Å². The van der Waals surface area contributed by atoms with E-state index in [1.807, 2.05) is 26.0 Å². The number of rotatable bonds is 1. The summed E-state index contributed by atoms with van der Waals surface area (Å²) in [5.41, 5.74) is 2.91. The van der Waals surface area contributed by atoms with Gasteiger partial charge in [-0.25, -0.2) is 4.98 Å². The molecular formula is C11H10N2O2. The Bertz CT molecular complexity index is 550. The summed E-state index contributed by atoms with van der Waals surface area (Å²) in [5.74, 6) is 0. The molecule has 0 saturated heterocycles. The molecule has 0 bridgehead atoms. The number of hydrogen-bond donors (Lipinski definition) is 0. The van der Waals surface area contributed by atoms with Crippen molar-refractivity contribution in [1.29, 1.82) is 0 Å². The maximum Gasteiger partial charge on any atom is 0.288 e. The molecule has 0 aliphatic heterocycles. The van der Waals surface area contributed by atoms with Crippen LogP contribution in [0.2, 0.25) is 0 Å². The van der Waals surface area contributed by atoms with Crippen LogP contribution in [0, 0.1) is 24.0 Å². The standard InChI is InChI=1S/C11H10N2O2/c1-7-3-4-8(2)11-10(7)5-9(6-12-11)13(14)15/h3-6H,1-2H3. The Balaban J connectivity index is 2.81. The van der Waals surface area contributed by atoms with Crippen LogP contribution in [0.4, 0.5) is 5.69 Å². The molecule has 0 aliphatic carbocycles. The molecule has 0 saturated carbocycles. The predicted molar refractivity (Wildman–Crippen MR) is 57.9 cm³/mol. The van der Waals surface area contributed by atoms with Gasteiger partial charge in [-0.2, -0.15) is 0 Å². The molecule has 0 amide bonds. The Hall–Kier alpha value is -1.97. The highest BCUT2D eigenvalue weighted by Gasteiger charge is 2.09. The van der Waals surface area contributed by atoms with Crippen molar-refractivity contribution >= 4 is 16.6 Å². The van der Waals surface area contributed by atoms with E-state index < -0.39 is 4.92 Å². The summed E-state index contributed by atoms with van der Waals surface area (Å²) in [6.07, 6.45) is 1.30. The van der Waals surface area contributed by atoms with Crippen LogP contribution in [0.25, 0.3) is 10.9 Å². The van der Waals surface area contributed by atoms with Gasteiger partial charge in [-0.1, -0.05) is 12.1 Å². The lowest BCUT2D eigenvalue weighted by Crippen LogP contribution is -1.92. The maximum absolute atomic E-state index is 10.6. The Kier molecular flexibility index (Phi) is 2.11. The number of nitrogens with zero attached hydrogens (tertiary/aromatic N) is 2. The van der Waals surface area contributed by atoms with Crippen molar-refractivity contribution in [3.63, 3.8) is 0 Å². The van der Waals surface area contributed by atoms with Crippen molar-refractivity contribution in [2.45, 2.75) is 13.8 Å². The van der Waals surface area contributed by atoms with E-state index in [4.69, 9.17) is 0 Å². The first-order chi connectivity index (χ1) is 7.09. The fourth-order valence-corrected chi connectivity index (χ4v) is 1.59. The monoisotopic (exact) mass is 202 g/mol. The topological polar surface area (TPSA) is 56.0 Å². The van der Waals surface area contributed by atoms with Crippen molar-refractivity contribution in [2.75, 3.05) is 0 Å². The van der Waals surface area contributed by atoms with Crippen molar-refractivity contribution in [1.82, 2.24) is 4.98 Å². The van der Waals surface area contributed by atoms with E-state index >= 15 is 0 Å². The highest BCUT2D eigenvalue weighted by Crippen LogP contribution is 2.23. The summed E-state index contributed by atoms with van der Waals surface area (Å²) in [5, 5.41) is 11.5. The Morgan fingerprint density at radius 2 is 1.93 bits per heavy atom. The van der Waals surface area contributed by atoms with E-state index in [1.54, 1.807) is 6.07 Å². The Morgan fingerprint density at radius 1 is 1.27 bits per heavy atom. The molecule has 0 atom stereocenters. The molecule has 0 radical (unpaired) electrons. The van der Waals surface area contributed by atoms with Crippen molar-refractivity contribution in [3.05, 3.63) is 45.6 Å². The average Bonchev–Trinajstić information content (AvgIpc) is 2.23. The third-order valence-electron chi connectivity index (χ3n) is 2.47.